The number of amides is 1. The molecule has 1 atom stereocenters. The number of likely N-dealkylation sites (tertiary alicyclic amines) is 1. The first-order chi connectivity index (χ1) is 9.08. The number of primary amides is 1. The average Bonchev–Trinajstić information content (AvgIpc) is 2.85. The first-order valence-electron chi connectivity index (χ1n) is 6.40. The van der Waals surface area contributed by atoms with E-state index >= 15 is 0 Å². The molecule has 19 heavy (non-hydrogen) atoms. The number of halogens is 1. The Morgan fingerprint density at radius 3 is 2.63 bits per heavy atom. The number of benzene rings is 1. The van der Waals surface area contributed by atoms with Gasteiger partial charge >= 0.3 is 0 Å². The number of hydrogen-bond acceptors (Lipinski definition) is 3. The number of carbonyl (C=O) groups excluding carboxylic acids is 2. The summed E-state index contributed by atoms with van der Waals surface area (Å²) in [6.45, 7) is 1.31. The van der Waals surface area contributed by atoms with Gasteiger partial charge in [0.15, 0.2) is 5.78 Å². The van der Waals surface area contributed by atoms with Crippen molar-refractivity contribution in [2.45, 2.75) is 25.3 Å². The standard InChI is InChI=1S/C14H17FN2O2/c15-11-5-3-10(4-6-11)13(18)7-9-17-8-1-2-12(17)14(16)19/h3-6,12H,1-2,7-9H2,(H2,16,19). The number of ketones is 1. The summed E-state index contributed by atoms with van der Waals surface area (Å²) >= 11 is 0. The predicted molar refractivity (Wildman–Crippen MR) is 69.1 cm³/mol. The van der Waals surface area contributed by atoms with Crippen LogP contribution in [0.1, 0.15) is 29.6 Å². The summed E-state index contributed by atoms with van der Waals surface area (Å²) < 4.78 is 12.8. The molecule has 1 aliphatic rings. The lowest BCUT2D eigenvalue weighted by molar-refractivity contribution is -0.122. The van der Waals surface area contributed by atoms with Crippen LogP contribution in [-0.4, -0.2) is 35.7 Å². The normalized spacial score (nSPS) is 19.5. The van der Waals surface area contributed by atoms with Crippen molar-refractivity contribution in [1.82, 2.24) is 4.90 Å². The Bertz CT molecular complexity index is 473. The number of carbonyl (C=O) groups is 2. The fourth-order valence-electron chi connectivity index (χ4n) is 2.44. The van der Waals surface area contributed by atoms with E-state index in [1.807, 2.05) is 4.90 Å². The van der Waals surface area contributed by atoms with E-state index < -0.39 is 0 Å². The molecule has 1 heterocycles. The van der Waals surface area contributed by atoms with Gasteiger partial charge in [-0.15, -0.1) is 0 Å². The molecule has 1 fully saturated rings. The van der Waals surface area contributed by atoms with Gasteiger partial charge in [0, 0.05) is 18.5 Å². The summed E-state index contributed by atoms with van der Waals surface area (Å²) in [6.07, 6.45) is 2.01. The minimum absolute atomic E-state index is 0.0462. The Kier molecular flexibility index (Phi) is 4.27. The number of hydrogen-bond donors (Lipinski definition) is 1. The van der Waals surface area contributed by atoms with E-state index in [4.69, 9.17) is 5.73 Å². The smallest absolute Gasteiger partial charge is 0.234 e. The van der Waals surface area contributed by atoms with Crippen LogP contribution in [-0.2, 0) is 4.79 Å². The van der Waals surface area contributed by atoms with Gasteiger partial charge in [-0.25, -0.2) is 4.39 Å². The van der Waals surface area contributed by atoms with Gasteiger partial charge in [-0.2, -0.15) is 0 Å². The molecule has 2 rings (SSSR count). The largest absolute Gasteiger partial charge is 0.368 e. The predicted octanol–water partition coefficient (Wildman–Crippen LogP) is 1.35. The van der Waals surface area contributed by atoms with E-state index in [-0.39, 0.29) is 23.5 Å². The second kappa shape index (κ2) is 5.93. The Hall–Kier alpha value is -1.75. The summed E-state index contributed by atoms with van der Waals surface area (Å²) in [5, 5.41) is 0. The molecule has 0 aliphatic carbocycles. The van der Waals surface area contributed by atoms with E-state index in [0.29, 0.717) is 18.5 Å². The van der Waals surface area contributed by atoms with Crippen molar-refractivity contribution >= 4 is 11.7 Å². The van der Waals surface area contributed by atoms with Gasteiger partial charge < -0.3 is 5.73 Å². The molecular weight excluding hydrogens is 247 g/mol. The lowest BCUT2D eigenvalue weighted by Gasteiger charge is -2.21. The quantitative estimate of drug-likeness (QED) is 0.816. The second-order valence-corrected chi connectivity index (χ2v) is 4.78. The van der Waals surface area contributed by atoms with Crippen molar-refractivity contribution in [3.63, 3.8) is 0 Å². The van der Waals surface area contributed by atoms with Crippen molar-refractivity contribution in [2.75, 3.05) is 13.1 Å². The summed E-state index contributed by atoms with van der Waals surface area (Å²) in [6, 6.07) is 5.26. The van der Waals surface area contributed by atoms with Gasteiger partial charge in [-0.05, 0) is 43.7 Å². The van der Waals surface area contributed by atoms with Gasteiger partial charge in [0.25, 0.3) is 0 Å². The van der Waals surface area contributed by atoms with Crippen LogP contribution in [0, 0.1) is 5.82 Å². The van der Waals surface area contributed by atoms with Gasteiger partial charge in [-0.3, -0.25) is 14.5 Å². The van der Waals surface area contributed by atoms with Gasteiger partial charge in [0.05, 0.1) is 6.04 Å². The molecule has 4 nitrogen and oxygen atoms in total. The highest BCUT2D eigenvalue weighted by atomic mass is 19.1. The Morgan fingerprint density at radius 1 is 1.32 bits per heavy atom. The molecule has 1 aromatic carbocycles. The van der Waals surface area contributed by atoms with Crippen LogP contribution < -0.4 is 5.73 Å². The molecule has 102 valence electrons. The van der Waals surface area contributed by atoms with E-state index in [9.17, 15) is 14.0 Å². The Balaban J connectivity index is 1.90. The highest BCUT2D eigenvalue weighted by molar-refractivity contribution is 5.96. The number of rotatable bonds is 5. The van der Waals surface area contributed by atoms with Crippen LogP contribution in [0.3, 0.4) is 0 Å². The van der Waals surface area contributed by atoms with Gasteiger partial charge in [0.1, 0.15) is 5.82 Å². The van der Waals surface area contributed by atoms with E-state index in [1.165, 1.54) is 24.3 Å². The molecule has 5 heteroatoms. The van der Waals surface area contributed by atoms with E-state index in [2.05, 4.69) is 0 Å². The van der Waals surface area contributed by atoms with Crippen LogP contribution in [0.15, 0.2) is 24.3 Å². The number of nitrogens with two attached hydrogens (primary N) is 1. The fraction of sp³-hybridized carbons (Fsp3) is 0.429. The molecular formula is C14H17FN2O2. The van der Waals surface area contributed by atoms with Crippen LogP contribution >= 0.6 is 0 Å². The van der Waals surface area contributed by atoms with Crippen LogP contribution in [0.4, 0.5) is 4.39 Å². The molecule has 1 aliphatic heterocycles. The average molecular weight is 264 g/mol. The maximum absolute atomic E-state index is 12.8. The third-order valence-corrected chi connectivity index (χ3v) is 3.48. The first kappa shape index (κ1) is 13.7. The van der Waals surface area contributed by atoms with Crippen LogP contribution in [0.5, 0.6) is 0 Å². The Morgan fingerprint density at radius 2 is 2.00 bits per heavy atom. The second-order valence-electron chi connectivity index (χ2n) is 4.78. The zero-order chi connectivity index (χ0) is 13.8. The van der Waals surface area contributed by atoms with Crippen molar-refractivity contribution in [3.8, 4) is 0 Å². The summed E-state index contributed by atoms with van der Waals surface area (Å²) in [7, 11) is 0. The lowest BCUT2D eigenvalue weighted by atomic mass is 10.1. The maximum Gasteiger partial charge on any atom is 0.234 e. The monoisotopic (exact) mass is 264 g/mol. The molecule has 0 saturated carbocycles. The molecule has 0 aromatic heterocycles. The molecule has 1 amide bonds. The first-order valence-corrected chi connectivity index (χ1v) is 6.40. The lowest BCUT2D eigenvalue weighted by Crippen LogP contribution is -2.41. The van der Waals surface area contributed by atoms with Crippen molar-refractivity contribution in [3.05, 3.63) is 35.6 Å². The molecule has 1 saturated heterocycles. The summed E-state index contributed by atoms with van der Waals surface area (Å²) in [5.41, 5.74) is 5.81. The SMILES string of the molecule is NC(=O)C1CCCN1CCC(=O)c1ccc(F)cc1. The van der Waals surface area contributed by atoms with Crippen LogP contribution in [0.25, 0.3) is 0 Å². The van der Waals surface area contributed by atoms with Gasteiger partial charge in [0.2, 0.25) is 5.91 Å². The fourth-order valence-corrected chi connectivity index (χ4v) is 2.44. The minimum Gasteiger partial charge on any atom is -0.368 e. The number of nitrogens with zero attached hydrogens (tertiary/aromatic N) is 1. The minimum atomic E-state index is -0.357. The number of Topliss-reactive ketones (excluding diaryl/α,β-unsaturated/α-hetero) is 1. The van der Waals surface area contributed by atoms with Crippen LogP contribution in [0.2, 0.25) is 0 Å². The third-order valence-electron chi connectivity index (χ3n) is 3.48. The Labute approximate surface area is 111 Å². The third kappa shape index (κ3) is 3.38. The zero-order valence-corrected chi connectivity index (χ0v) is 10.6. The molecule has 0 spiro atoms. The van der Waals surface area contributed by atoms with Gasteiger partial charge in [-0.1, -0.05) is 0 Å². The molecule has 1 unspecified atom stereocenters. The van der Waals surface area contributed by atoms with E-state index in [0.717, 1.165) is 19.4 Å². The van der Waals surface area contributed by atoms with Crippen molar-refractivity contribution in [1.29, 1.82) is 0 Å². The highest BCUT2D eigenvalue weighted by Crippen LogP contribution is 2.17. The molecule has 2 N–H and O–H groups in total. The van der Waals surface area contributed by atoms with Crippen molar-refractivity contribution < 1.29 is 14.0 Å². The zero-order valence-electron chi connectivity index (χ0n) is 10.6. The van der Waals surface area contributed by atoms with E-state index in [1.54, 1.807) is 0 Å². The summed E-state index contributed by atoms with van der Waals surface area (Å²) in [4.78, 5) is 25.1. The topological polar surface area (TPSA) is 63.4 Å². The maximum atomic E-state index is 12.8. The molecule has 0 radical (unpaired) electrons. The molecule has 0 bridgehead atoms. The highest BCUT2D eigenvalue weighted by Gasteiger charge is 2.28. The summed E-state index contributed by atoms with van der Waals surface area (Å²) in [5.74, 6) is -0.730. The molecule has 1 aromatic rings. The van der Waals surface area contributed by atoms with Crippen molar-refractivity contribution in [2.24, 2.45) is 5.73 Å².